The number of benzene rings is 11. The Morgan fingerprint density at radius 3 is 1.62 bits per heavy atom. The van der Waals surface area contributed by atoms with Crippen molar-refractivity contribution in [2.45, 2.75) is 24.7 Å². The highest BCUT2D eigenvalue weighted by atomic mass is 32.1. The molecule has 0 unspecified atom stereocenters. The second kappa shape index (κ2) is 16.5. The van der Waals surface area contributed by atoms with Gasteiger partial charge in [0.05, 0.1) is 11.1 Å². The van der Waals surface area contributed by atoms with E-state index in [0.717, 1.165) is 11.4 Å². The van der Waals surface area contributed by atoms with Crippen molar-refractivity contribution in [3.8, 4) is 55.6 Å². The van der Waals surface area contributed by atoms with E-state index in [4.69, 9.17) is 0 Å². The predicted octanol–water partition coefficient (Wildman–Crippen LogP) is 19.2. The van der Waals surface area contributed by atoms with Gasteiger partial charge in [0.2, 0.25) is 0 Å². The largest absolute Gasteiger partial charge is 0.310 e. The molecule has 1 heterocycles. The van der Waals surface area contributed by atoms with Crippen LogP contribution in [0.1, 0.15) is 47.2 Å². The maximum atomic E-state index is 2.48. The molecule has 1 nitrogen and oxygen atoms in total. The Hall–Kier alpha value is -8.56. The molecule has 0 radical (unpaired) electrons. The zero-order valence-corrected chi connectivity index (χ0v) is 41.0. The van der Waals surface area contributed by atoms with E-state index in [-0.39, 0.29) is 5.41 Å². The van der Waals surface area contributed by atoms with E-state index in [1.165, 1.54) is 115 Å². The zero-order chi connectivity index (χ0) is 48.0. The molecule has 0 spiro atoms. The molecule has 12 aromatic rings. The van der Waals surface area contributed by atoms with Gasteiger partial charge >= 0.3 is 0 Å². The molecule has 340 valence electrons. The summed E-state index contributed by atoms with van der Waals surface area (Å²) < 4.78 is 2.65. The van der Waals surface area contributed by atoms with Crippen molar-refractivity contribution in [2.75, 3.05) is 4.90 Å². The molecule has 72 heavy (non-hydrogen) atoms. The van der Waals surface area contributed by atoms with Gasteiger partial charge in [-0.25, -0.2) is 0 Å². The van der Waals surface area contributed by atoms with E-state index in [0.29, 0.717) is 0 Å². The molecule has 0 N–H and O–H groups in total. The average molecular weight is 936 g/mol. The van der Waals surface area contributed by atoms with Gasteiger partial charge in [0, 0.05) is 42.5 Å². The van der Waals surface area contributed by atoms with Gasteiger partial charge in [-0.15, -0.1) is 11.3 Å². The number of thiophene rings is 1. The summed E-state index contributed by atoms with van der Waals surface area (Å²) in [4.78, 5) is 2.48. The second-order valence-corrected chi connectivity index (χ2v) is 21.0. The Morgan fingerprint density at radius 2 is 0.875 bits per heavy atom. The molecule has 0 fully saturated rings. The molecule has 2 aliphatic carbocycles. The highest BCUT2D eigenvalue weighted by Gasteiger charge is 2.46. The van der Waals surface area contributed by atoms with Crippen LogP contribution >= 0.6 is 11.3 Å². The molecular weight excluding hydrogens is 887 g/mol. The lowest BCUT2D eigenvalue weighted by Gasteiger charge is -2.33. The van der Waals surface area contributed by atoms with Gasteiger partial charge in [-0.05, 0) is 126 Å². The summed E-state index contributed by atoms with van der Waals surface area (Å²) in [6.07, 6.45) is 0. The summed E-state index contributed by atoms with van der Waals surface area (Å²) in [5.41, 5.74) is 23.2. The van der Waals surface area contributed by atoms with Crippen LogP contribution in [-0.4, -0.2) is 0 Å². The number of rotatable bonds is 8. The third-order valence-electron chi connectivity index (χ3n) is 15.8. The van der Waals surface area contributed by atoms with Gasteiger partial charge in [0.25, 0.3) is 0 Å². The maximum Gasteiger partial charge on any atom is 0.0713 e. The zero-order valence-electron chi connectivity index (χ0n) is 40.2. The second-order valence-electron chi connectivity index (χ2n) is 19.9. The smallest absolute Gasteiger partial charge is 0.0713 e. The topological polar surface area (TPSA) is 3.24 Å². The number of hydrogen-bond donors (Lipinski definition) is 0. The minimum absolute atomic E-state index is 0.126. The van der Waals surface area contributed by atoms with Crippen molar-refractivity contribution in [1.82, 2.24) is 0 Å². The van der Waals surface area contributed by atoms with E-state index >= 15 is 0 Å². The average Bonchev–Trinajstić information content (AvgIpc) is 4.06. The third-order valence-corrected chi connectivity index (χ3v) is 17.0. The van der Waals surface area contributed by atoms with Crippen molar-refractivity contribution in [1.29, 1.82) is 0 Å². The lowest BCUT2D eigenvalue weighted by molar-refractivity contribution is 0.660. The Balaban J connectivity index is 0.858. The molecule has 0 bridgehead atoms. The summed E-state index contributed by atoms with van der Waals surface area (Å²) in [5.74, 6) is 0. The number of hydrogen-bond acceptors (Lipinski definition) is 2. The van der Waals surface area contributed by atoms with Gasteiger partial charge in [-0.3, -0.25) is 0 Å². The molecule has 11 aromatic carbocycles. The quantitative estimate of drug-likeness (QED) is 0.147. The molecule has 2 heteroatoms. The van der Waals surface area contributed by atoms with Gasteiger partial charge < -0.3 is 4.90 Å². The summed E-state index contributed by atoms with van der Waals surface area (Å²) >= 11 is 1.88. The van der Waals surface area contributed by atoms with E-state index in [2.05, 4.69) is 280 Å². The highest BCUT2D eigenvalue weighted by molar-refractivity contribution is 7.26. The SMILES string of the molecule is CC1(C)c2ccccc2-c2c(N(c3ccc(-c4cccc5c4sc4ccccc45)cc3)c3cccc(-c4ccc(-c5ccc6c(c5)-c5ccccc5C6(c5ccccc5)c5ccccc5)cc4)c3)cccc21. The molecule has 0 aliphatic heterocycles. The lowest BCUT2D eigenvalue weighted by atomic mass is 9.67. The van der Waals surface area contributed by atoms with Crippen LogP contribution in [0.4, 0.5) is 17.1 Å². The Morgan fingerprint density at radius 1 is 0.333 bits per heavy atom. The summed E-state index contributed by atoms with van der Waals surface area (Å²) in [5, 5.41) is 2.64. The van der Waals surface area contributed by atoms with Crippen LogP contribution < -0.4 is 4.90 Å². The van der Waals surface area contributed by atoms with E-state index in [9.17, 15) is 0 Å². The molecule has 14 rings (SSSR count). The first-order valence-electron chi connectivity index (χ1n) is 25.1. The van der Waals surface area contributed by atoms with Crippen molar-refractivity contribution in [2.24, 2.45) is 0 Å². The number of anilines is 3. The summed E-state index contributed by atoms with van der Waals surface area (Å²) in [6, 6.07) is 97.1. The third kappa shape index (κ3) is 6.39. The monoisotopic (exact) mass is 935 g/mol. The Kier molecular flexibility index (Phi) is 9.71. The maximum absolute atomic E-state index is 2.48. The van der Waals surface area contributed by atoms with Crippen molar-refractivity contribution >= 4 is 48.6 Å². The van der Waals surface area contributed by atoms with Crippen molar-refractivity contribution in [3.05, 3.63) is 294 Å². The highest BCUT2D eigenvalue weighted by Crippen LogP contribution is 2.57. The van der Waals surface area contributed by atoms with Gasteiger partial charge in [-0.2, -0.15) is 0 Å². The molecule has 0 amide bonds. The first kappa shape index (κ1) is 42.3. The fourth-order valence-corrected chi connectivity index (χ4v) is 13.7. The van der Waals surface area contributed by atoms with Crippen LogP contribution in [0.3, 0.4) is 0 Å². The molecule has 1 aromatic heterocycles. The summed E-state index contributed by atoms with van der Waals surface area (Å²) in [6.45, 7) is 4.73. The molecule has 0 saturated carbocycles. The first-order chi connectivity index (χ1) is 35.5. The van der Waals surface area contributed by atoms with Gasteiger partial charge in [-0.1, -0.05) is 232 Å². The Labute approximate surface area is 425 Å². The Bertz CT molecular complexity index is 4010. The normalized spacial score (nSPS) is 13.6. The number of fused-ring (bicyclic) bond motifs is 9. The molecular formula is C70H49NS. The van der Waals surface area contributed by atoms with Crippen LogP contribution in [-0.2, 0) is 10.8 Å². The number of nitrogens with zero attached hydrogens (tertiary/aromatic N) is 1. The first-order valence-corrected chi connectivity index (χ1v) is 25.9. The van der Waals surface area contributed by atoms with E-state index in [1.807, 2.05) is 11.3 Å². The van der Waals surface area contributed by atoms with Crippen LogP contribution in [0.15, 0.2) is 261 Å². The van der Waals surface area contributed by atoms with Crippen LogP contribution in [0.2, 0.25) is 0 Å². The minimum atomic E-state index is -0.411. The van der Waals surface area contributed by atoms with Crippen molar-refractivity contribution in [3.63, 3.8) is 0 Å². The minimum Gasteiger partial charge on any atom is -0.310 e. The lowest BCUT2D eigenvalue weighted by Crippen LogP contribution is -2.28. The van der Waals surface area contributed by atoms with Crippen LogP contribution in [0.25, 0.3) is 75.8 Å². The van der Waals surface area contributed by atoms with Crippen LogP contribution in [0, 0.1) is 0 Å². The molecule has 0 atom stereocenters. The van der Waals surface area contributed by atoms with Gasteiger partial charge in [0.1, 0.15) is 0 Å². The van der Waals surface area contributed by atoms with Gasteiger partial charge in [0.15, 0.2) is 0 Å². The predicted molar refractivity (Wildman–Crippen MR) is 305 cm³/mol. The fraction of sp³-hybridized carbons (Fsp3) is 0.0571. The van der Waals surface area contributed by atoms with Crippen molar-refractivity contribution < 1.29 is 0 Å². The molecule has 2 aliphatic rings. The standard InChI is InChI=1S/C70H49NS/c1-69(2)61-29-12-10-26-59(61)67-64(69)31-17-32-65(67)71(53-41-38-48(39-42-53)55-27-16-28-58-57-25-11-14-33-66(57)72-68(55)58)54-23-15-18-49(44-54)46-34-36-47(37-35-46)50-40-43-63-60(45-50)56-24-9-13-30-62(56)70(63,51-19-5-3-6-20-51)52-21-7-4-8-22-52/h3-45H,1-2H3. The van der Waals surface area contributed by atoms with E-state index < -0.39 is 5.41 Å². The van der Waals surface area contributed by atoms with E-state index in [1.54, 1.807) is 0 Å². The fourth-order valence-electron chi connectivity index (χ4n) is 12.4. The van der Waals surface area contributed by atoms with Crippen LogP contribution in [0.5, 0.6) is 0 Å². The molecule has 0 saturated heterocycles. The summed E-state index contributed by atoms with van der Waals surface area (Å²) in [7, 11) is 0.